The molecule has 1 saturated carbocycles. The lowest BCUT2D eigenvalue weighted by molar-refractivity contribution is 0.0694. The number of pyridine rings is 1. The molecule has 0 spiro atoms. The lowest BCUT2D eigenvalue weighted by Gasteiger charge is -2.20. The summed E-state index contributed by atoms with van der Waals surface area (Å²) < 4.78 is 0.998. The van der Waals surface area contributed by atoms with Crippen molar-refractivity contribution in [3.8, 4) is 0 Å². The molecule has 22 heavy (non-hydrogen) atoms. The molecular weight excluding hydrogens is 344 g/mol. The highest BCUT2D eigenvalue weighted by molar-refractivity contribution is 9.10. The summed E-state index contributed by atoms with van der Waals surface area (Å²) in [6, 6.07) is 7.91. The highest BCUT2D eigenvalue weighted by atomic mass is 79.9. The summed E-state index contributed by atoms with van der Waals surface area (Å²) in [5.74, 6) is 0.772. The van der Waals surface area contributed by atoms with E-state index in [0.29, 0.717) is 17.4 Å². The first-order chi connectivity index (χ1) is 10.6. The maximum atomic E-state index is 11.5. The van der Waals surface area contributed by atoms with Crippen molar-refractivity contribution in [2.24, 2.45) is 0 Å². The van der Waals surface area contributed by atoms with Crippen molar-refractivity contribution in [1.29, 1.82) is 0 Å². The Morgan fingerprint density at radius 3 is 2.77 bits per heavy atom. The van der Waals surface area contributed by atoms with E-state index in [-0.39, 0.29) is 0 Å². The summed E-state index contributed by atoms with van der Waals surface area (Å²) in [5.41, 5.74) is 3.46. The standard InChI is InChI=1S/C17H15BrN2O2/c18-11-2-1-3-12(7-11)20-16-15-10-5-4-9(6-10)14(15)13(8-19-16)17(21)22/h1-3,7-10H,4-6H2,(H,19,20)(H,21,22). The predicted octanol–water partition coefficient (Wildman–Crippen LogP) is 4.65. The molecule has 0 saturated heterocycles. The fraction of sp³-hybridized carbons (Fsp3) is 0.294. The SMILES string of the molecule is O=C(O)c1cnc(Nc2cccc(Br)c2)c2c1C1CCC2C1. The number of carboxylic acids is 1. The van der Waals surface area contributed by atoms with Gasteiger partial charge in [-0.15, -0.1) is 0 Å². The highest BCUT2D eigenvalue weighted by Gasteiger charge is 2.41. The summed E-state index contributed by atoms with van der Waals surface area (Å²) in [4.78, 5) is 15.9. The number of aromatic nitrogens is 1. The number of rotatable bonds is 3. The Balaban J connectivity index is 1.80. The van der Waals surface area contributed by atoms with Crippen LogP contribution in [0, 0.1) is 0 Å². The molecule has 4 rings (SSSR count). The van der Waals surface area contributed by atoms with E-state index < -0.39 is 5.97 Å². The van der Waals surface area contributed by atoms with Crippen molar-refractivity contribution in [1.82, 2.24) is 4.98 Å². The van der Waals surface area contributed by atoms with Crippen LogP contribution in [0.4, 0.5) is 11.5 Å². The molecule has 2 bridgehead atoms. The maximum Gasteiger partial charge on any atom is 0.337 e. The first-order valence-corrected chi connectivity index (χ1v) is 8.21. The second-order valence-electron chi connectivity index (χ2n) is 6.00. The molecule has 2 aliphatic carbocycles. The van der Waals surface area contributed by atoms with E-state index in [4.69, 9.17) is 0 Å². The van der Waals surface area contributed by atoms with Gasteiger partial charge in [-0.3, -0.25) is 0 Å². The van der Waals surface area contributed by atoms with Crippen molar-refractivity contribution in [2.75, 3.05) is 5.32 Å². The fourth-order valence-electron chi connectivity index (χ4n) is 3.87. The molecule has 1 aromatic carbocycles. The number of aromatic carboxylic acids is 1. The van der Waals surface area contributed by atoms with Crippen LogP contribution in [0.5, 0.6) is 0 Å². The lowest BCUT2D eigenvalue weighted by atomic mass is 9.89. The molecule has 5 heteroatoms. The van der Waals surface area contributed by atoms with Crippen LogP contribution in [0.15, 0.2) is 34.9 Å². The third-order valence-electron chi connectivity index (χ3n) is 4.73. The second-order valence-corrected chi connectivity index (χ2v) is 6.91. The Morgan fingerprint density at radius 1 is 1.27 bits per heavy atom. The average molecular weight is 359 g/mol. The van der Waals surface area contributed by atoms with Crippen LogP contribution in [0.1, 0.15) is 52.6 Å². The van der Waals surface area contributed by atoms with Crippen molar-refractivity contribution in [2.45, 2.75) is 31.1 Å². The fourth-order valence-corrected chi connectivity index (χ4v) is 4.27. The highest BCUT2D eigenvalue weighted by Crippen LogP contribution is 2.56. The van der Waals surface area contributed by atoms with Gasteiger partial charge in [0.05, 0.1) is 5.56 Å². The summed E-state index contributed by atoms with van der Waals surface area (Å²) in [7, 11) is 0. The molecule has 0 aliphatic heterocycles. The van der Waals surface area contributed by atoms with Crippen molar-refractivity contribution in [3.63, 3.8) is 0 Å². The molecule has 2 atom stereocenters. The van der Waals surface area contributed by atoms with E-state index in [2.05, 4.69) is 26.2 Å². The van der Waals surface area contributed by atoms with Gasteiger partial charge in [-0.2, -0.15) is 0 Å². The molecule has 0 radical (unpaired) electrons. The molecule has 112 valence electrons. The second kappa shape index (κ2) is 5.09. The smallest absolute Gasteiger partial charge is 0.337 e. The van der Waals surface area contributed by atoms with Crippen molar-refractivity contribution in [3.05, 3.63) is 51.6 Å². The first kappa shape index (κ1) is 13.8. The summed E-state index contributed by atoms with van der Waals surface area (Å²) in [6.45, 7) is 0. The predicted molar refractivity (Wildman–Crippen MR) is 88.0 cm³/mol. The van der Waals surface area contributed by atoms with Gasteiger partial charge >= 0.3 is 5.97 Å². The molecule has 2 N–H and O–H groups in total. The van der Waals surface area contributed by atoms with E-state index in [1.54, 1.807) is 0 Å². The van der Waals surface area contributed by atoms with E-state index in [0.717, 1.165) is 46.4 Å². The van der Waals surface area contributed by atoms with Gasteiger partial charge in [0.15, 0.2) is 0 Å². The zero-order valence-electron chi connectivity index (χ0n) is 11.8. The molecule has 1 heterocycles. The van der Waals surface area contributed by atoms with Gasteiger partial charge in [-0.05, 0) is 54.9 Å². The number of hydrogen-bond acceptors (Lipinski definition) is 3. The molecular formula is C17H15BrN2O2. The summed E-state index contributed by atoms with van der Waals surface area (Å²) >= 11 is 3.46. The number of nitrogens with one attached hydrogen (secondary N) is 1. The van der Waals surface area contributed by atoms with Crippen molar-refractivity contribution < 1.29 is 9.90 Å². The van der Waals surface area contributed by atoms with Crippen LogP contribution in [0.2, 0.25) is 0 Å². The number of nitrogens with zero attached hydrogens (tertiary/aromatic N) is 1. The molecule has 1 fully saturated rings. The number of hydrogen-bond donors (Lipinski definition) is 2. The van der Waals surface area contributed by atoms with E-state index in [1.807, 2.05) is 24.3 Å². The van der Waals surface area contributed by atoms with Crippen LogP contribution in [-0.4, -0.2) is 16.1 Å². The van der Waals surface area contributed by atoms with Gasteiger partial charge in [0, 0.05) is 21.9 Å². The molecule has 1 aromatic heterocycles. The Labute approximate surface area is 136 Å². The minimum absolute atomic E-state index is 0.377. The van der Waals surface area contributed by atoms with Crippen molar-refractivity contribution >= 4 is 33.4 Å². The first-order valence-electron chi connectivity index (χ1n) is 7.42. The number of fused-ring (bicyclic) bond motifs is 5. The Hall–Kier alpha value is -1.88. The zero-order valence-corrected chi connectivity index (χ0v) is 13.4. The van der Waals surface area contributed by atoms with E-state index >= 15 is 0 Å². The summed E-state index contributed by atoms with van der Waals surface area (Å²) in [6.07, 6.45) is 4.80. The van der Waals surface area contributed by atoms with Gasteiger partial charge in [0.25, 0.3) is 0 Å². The topological polar surface area (TPSA) is 62.2 Å². The third-order valence-corrected chi connectivity index (χ3v) is 5.22. The molecule has 2 aromatic rings. The van der Waals surface area contributed by atoms with Crippen LogP contribution >= 0.6 is 15.9 Å². The van der Waals surface area contributed by atoms with E-state index in [1.165, 1.54) is 6.20 Å². The van der Waals surface area contributed by atoms with Gasteiger partial charge in [0.2, 0.25) is 0 Å². The Kier molecular flexibility index (Phi) is 3.18. The Morgan fingerprint density at radius 2 is 2.05 bits per heavy atom. The normalized spacial score (nSPS) is 21.7. The largest absolute Gasteiger partial charge is 0.478 e. The lowest BCUT2D eigenvalue weighted by Crippen LogP contribution is -2.11. The number of carboxylic acid groups (broad SMARTS) is 1. The third kappa shape index (κ3) is 2.11. The summed E-state index contributed by atoms with van der Waals surface area (Å²) in [5, 5.41) is 12.8. The van der Waals surface area contributed by atoms with Crippen LogP contribution < -0.4 is 5.32 Å². The molecule has 2 unspecified atom stereocenters. The number of halogens is 1. The molecule has 0 amide bonds. The van der Waals surface area contributed by atoms with Crippen LogP contribution in [0.25, 0.3) is 0 Å². The van der Waals surface area contributed by atoms with Gasteiger partial charge < -0.3 is 10.4 Å². The minimum atomic E-state index is -0.870. The monoisotopic (exact) mass is 358 g/mol. The maximum absolute atomic E-state index is 11.5. The van der Waals surface area contributed by atoms with Gasteiger partial charge in [-0.25, -0.2) is 9.78 Å². The minimum Gasteiger partial charge on any atom is -0.478 e. The quantitative estimate of drug-likeness (QED) is 0.837. The van der Waals surface area contributed by atoms with Gasteiger partial charge in [-0.1, -0.05) is 22.0 Å². The van der Waals surface area contributed by atoms with Crippen LogP contribution in [0.3, 0.4) is 0 Å². The number of carbonyl (C=O) groups is 1. The van der Waals surface area contributed by atoms with E-state index in [9.17, 15) is 9.90 Å². The number of benzene rings is 1. The molecule has 4 nitrogen and oxygen atoms in total. The van der Waals surface area contributed by atoms with Gasteiger partial charge in [0.1, 0.15) is 5.82 Å². The zero-order chi connectivity index (χ0) is 15.3. The Bertz CT molecular complexity index is 775. The molecule has 2 aliphatic rings. The van der Waals surface area contributed by atoms with Crippen LogP contribution in [-0.2, 0) is 0 Å². The number of anilines is 2. The average Bonchev–Trinajstić information content (AvgIpc) is 3.09.